The van der Waals surface area contributed by atoms with E-state index in [9.17, 15) is 0 Å². The molecule has 37 heavy (non-hydrogen) atoms. The van der Waals surface area contributed by atoms with E-state index in [1.807, 2.05) is 30.5 Å². The minimum Gasteiger partial charge on any atom is -0.493 e. The maximum atomic E-state index is 5.95. The smallest absolute Gasteiger partial charge is 0.203 e. The van der Waals surface area contributed by atoms with E-state index in [0.717, 1.165) is 62.0 Å². The summed E-state index contributed by atoms with van der Waals surface area (Å²) < 4.78 is 16.5. The summed E-state index contributed by atoms with van der Waals surface area (Å²) in [6.45, 7) is 6.40. The molecule has 196 valence electrons. The SMILES string of the molecule is COc1cc(-c2cc(CN3CCN(CCC/C=C/c4ccc(Cl)cc4)CC3)ccn2)cc(OC)c1OC. The van der Waals surface area contributed by atoms with Gasteiger partial charge in [0.1, 0.15) is 0 Å². The fourth-order valence-corrected chi connectivity index (χ4v) is 4.74. The van der Waals surface area contributed by atoms with Crippen molar-refractivity contribution in [3.8, 4) is 28.5 Å². The van der Waals surface area contributed by atoms with Crippen LogP contribution in [0, 0.1) is 0 Å². The second kappa shape index (κ2) is 13.5. The van der Waals surface area contributed by atoms with Gasteiger partial charge in [-0.3, -0.25) is 9.88 Å². The third-order valence-corrected chi connectivity index (χ3v) is 6.93. The van der Waals surface area contributed by atoms with Gasteiger partial charge in [0.15, 0.2) is 11.5 Å². The van der Waals surface area contributed by atoms with E-state index in [-0.39, 0.29) is 0 Å². The fourth-order valence-electron chi connectivity index (χ4n) is 4.61. The Labute approximate surface area is 225 Å². The van der Waals surface area contributed by atoms with Crippen LogP contribution in [0.15, 0.2) is 60.8 Å². The number of benzene rings is 2. The highest BCUT2D eigenvalue weighted by atomic mass is 35.5. The van der Waals surface area contributed by atoms with Crippen LogP contribution >= 0.6 is 11.6 Å². The summed E-state index contributed by atoms with van der Waals surface area (Å²) in [6, 6.07) is 16.1. The first-order valence-corrected chi connectivity index (χ1v) is 13.1. The highest BCUT2D eigenvalue weighted by Crippen LogP contribution is 2.40. The van der Waals surface area contributed by atoms with E-state index in [1.165, 1.54) is 17.5 Å². The first kappa shape index (κ1) is 27.0. The molecule has 3 aromatic rings. The molecule has 0 N–H and O–H groups in total. The van der Waals surface area contributed by atoms with Gasteiger partial charge in [0.2, 0.25) is 5.75 Å². The minimum absolute atomic E-state index is 0.584. The molecule has 0 unspecified atom stereocenters. The van der Waals surface area contributed by atoms with Crippen molar-refractivity contribution in [3.63, 3.8) is 0 Å². The number of piperazine rings is 1. The third-order valence-electron chi connectivity index (χ3n) is 6.68. The Balaban J connectivity index is 1.26. The van der Waals surface area contributed by atoms with Gasteiger partial charge in [-0.25, -0.2) is 0 Å². The molecule has 6 nitrogen and oxygen atoms in total. The molecule has 2 heterocycles. The zero-order valence-electron chi connectivity index (χ0n) is 22.0. The fraction of sp³-hybridized carbons (Fsp3) is 0.367. The molecule has 0 aliphatic carbocycles. The van der Waals surface area contributed by atoms with Crippen molar-refractivity contribution in [3.05, 3.63) is 77.0 Å². The van der Waals surface area contributed by atoms with Crippen molar-refractivity contribution in [1.82, 2.24) is 14.8 Å². The van der Waals surface area contributed by atoms with Crippen LogP contribution in [0.5, 0.6) is 17.2 Å². The lowest BCUT2D eigenvalue weighted by atomic mass is 10.1. The van der Waals surface area contributed by atoms with E-state index >= 15 is 0 Å². The molecule has 0 amide bonds. The topological polar surface area (TPSA) is 47.1 Å². The van der Waals surface area contributed by atoms with E-state index < -0.39 is 0 Å². The minimum atomic E-state index is 0.584. The van der Waals surface area contributed by atoms with Crippen LogP contribution < -0.4 is 14.2 Å². The predicted octanol–water partition coefficient (Wildman–Crippen LogP) is 6.04. The van der Waals surface area contributed by atoms with Crippen LogP contribution in [0.3, 0.4) is 0 Å². The maximum Gasteiger partial charge on any atom is 0.203 e. The van der Waals surface area contributed by atoms with Gasteiger partial charge in [-0.05, 0) is 66.9 Å². The van der Waals surface area contributed by atoms with Gasteiger partial charge in [-0.1, -0.05) is 35.9 Å². The van der Waals surface area contributed by atoms with E-state index in [2.05, 4.69) is 51.2 Å². The molecular weight excluding hydrogens is 486 g/mol. The molecule has 1 aliphatic rings. The second-order valence-electron chi connectivity index (χ2n) is 9.18. The van der Waals surface area contributed by atoms with Crippen LogP contribution in [0.1, 0.15) is 24.0 Å². The Bertz CT molecular complexity index is 1150. The lowest BCUT2D eigenvalue weighted by Gasteiger charge is -2.34. The summed E-state index contributed by atoms with van der Waals surface area (Å²) >= 11 is 5.95. The van der Waals surface area contributed by atoms with Crippen LogP contribution in [0.25, 0.3) is 17.3 Å². The molecule has 0 bridgehead atoms. The van der Waals surface area contributed by atoms with Gasteiger partial charge in [-0.15, -0.1) is 0 Å². The van der Waals surface area contributed by atoms with Crippen molar-refractivity contribution in [2.75, 3.05) is 54.1 Å². The lowest BCUT2D eigenvalue weighted by Crippen LogP contribution is -2.46. The van der Waals surface area contributed by atoms with Crippen LogP contribution in [-0.2, 0) is 6.54 Å². The standard InChI is InChI=1S/C30H36ClN3O3/c1-35-28-20-25(21-29(36-2)30(28)37-3)27-19-24(12-13-32-27)22-34-17-15-33(16-18-34)14-6-4-5-7-23-8-10-26(31)11-9-23/h5,7-13,19-21H,4,6,14-18,22H2,1-3H3/b7-5+. The first-order valence-electron chi connectivity index (χ1n) is 12.7. The first-order chi connectivity index (χ1) is 18.1. The average molecular weight is 522 g/mol. The molecule has 0 saturated carbocycles. The van der Waals surface area contributed by atoms with Crippen molar-refractivity contribution in [2.24, 2.45) is 0 Å². The predicted molar refractivity (Wildman–Crippen MR) is 151 cm³/mol. The highest BCUT2D eigenvalue weighted by molar-refractivity contribution is 6.30. The van der Waals surface area contributed by atoms with Gasteiger partial charge in [0, 0.05) is 49.5 Å². The number of rotatable bonds is 11. The quantitative estimate of drug-likeness (QED) is 0.287. The average Bonchev–Trinajstić information content (AvgIpc) is 2.94. The summed E-state index contributed by atoms with van der Waals surface area (Å²) in [7, 11) is 4.87. The number of allylic oxidation sites excluding steroid dienone is 1. The molecule has 4 rings (SSSR count). The van der Waals surface area contributed by atoms with Crippen molar-refractivity contribution < 1.29 is 14.2 Å². The normalized spacial score (nSPS) is 14.7. The van der Waals surface area contributed by atoms with Crippen molar-refractivity contribution in [2.45, 2.75) is 19.4 Å². The molecule has 0 radical (unpaired) electrons. The molecule has 1 aliphatic heterocycles. The van der Waals surface area contributed by atoms with Crippen LogP contribution in [0.4, 0.5) is 0 Å². The molecule has 0 spiro atoms. The number of pyridine rings is 1. The number of hydrogen-bond acceptors (Lipinski definition) is 6. The number of unbranched alkanes of at least 4 members (excludes halogenated alkanes) is 1. The van der Waals surface area contributed by atoms with E-state index in [1.54, 1.807) is 21.3 Å². The van der Waals surface area contributed by atoms with Crippen molar-refractivity contribution >= 4 is 17.7 Å². The van der Waals surface area contributed by atoms with Gasteiger partial charge in [-0.2, -0.15) is 0 Å². The molecule has 1 aromatic heterocycles. The largest absolute Gasteiger partial charge is 0.493 e. The summed E-state index contributed by atoms with van der Waals surface area (Å²) in [4.78, 5) is 9.69. The molecule has 2 aromatic carbocycles. The summed E-state index contributed by atoms with van der Waals surface area (Å²) in [6.07, 6.45) is 8.57. The lowest BCUT2D eigenvalue weighted by molar-refractivity contribution is 0.126. The number of ether oxygens (including phenoxy) is 3. The number of nitrogens with zero attached hydrogens (tertiary/aromatic N) is 3. The van der Waals surface area contributed by atoms with Crippen LogP contribution in [-0.4, -0.2) is 68.8 Å². The number of methoxy groups -OCH3 is 3. The number of aromatic nitrogens is 1. The van der Waals surface area contributed by atoms with Crippen molar-refractivity contribution in [1.29, 1.82) is 0 Å². The Hall–Kier alpha value is -3.06. The second-order valence-corrected chi connectivity index (χ2v) is 9.61. The van der Waals surface area contributed by atoms with E-state index in [0.29, 0.717) is 17.2 Å². The summed E-state index contributed by atoms with van der Waals surface area (Å²) in [5, 5.41) is 0.777. The zero-order chi connectivity index (χ0) is 26.0. The number of hydrogen-bond donors (Lipinski definition) is 0. The van der Waals surface area contributed by atoms with Gasteiger partial charge in [0.25, 0.3) is 0 Å². The van der Waals surface area contributed by atoms with Gasteiger partial charge in [0.05, 0.1) is 27.0 Å². The van der Waals surface area contributed by atoms with Gasteiger partial charge >= 0.3 is 0 Å². The molecule has 1 saturated heterocycles. The zero-order valence-corrected chi connectivity index (χ0v) is 22.7. The third kappa shape index (κ3) is 7.48. The summed E-state index contributed by atoms with van der Waals surface area (Å²) in [5.41, 5.74) is 4.27. The van der Waals surface area contributed by atoms with Crippen LogP contribution in [0.2, 0.25) is 5.02 Å². The molecule has 1 fully saturated rings. The monoisotopic (exact) mass is 521 g/mol. The Morgan fingerprint density at radius 2 is 1.54 bits per heavy atom. The molecule has 0 atom stereocenters. The Morgan fingerprint density at radius 3 is 2.19 bits per heavy atom. The molecular formula is C30H36ClN3O3. The number of halogens is 1. The Kier molecular flexibility index (Phi) is 9.83. The highest BCUT2D eigenvalue weighted by Gasteiger charge is 2.18. The Morgan fingerprint density at radius 1 is 0.865 bits per heavy atom. The maximum absolute atomic E-state index is 5.95. The van der Waals surface area contributed by atoms with E-state index in [4.69, 9.17) is 25.8 Å². The molecule has 7 heteroatoms. The summed E-state index contributed by atoms with van der Waals surface area (Å²) in [5.74, 6) is 1.83. The van der Waals surface area contributed by atoms with Gasteiger partial charge < -0.3 is 19.1 Å².